The van der Waals surface area contributed by atoms with Gasteiger partial charge < -0.3 is 10.2 Å². The van der Waals surface area contributed by atoms with E-state index in [2.05, 4.69) is 34.5 Å². The first-order valence-electron chi connectivity index (χ1n) is 4.40. The Morgan fingerprint density at radius 2 is 2.23 bits per heavy atom. The van der Waals surface area contributed by atoms with Gasteiger partial charge in [-0.05, 0) is 30.3 Å². The molecule has 0 radical (unpaired) electrons. The minimum atomic E-state index is 0.810. The van der Waals surface area contributed by atoms with E-state index in [1.807, 2.05) is 7.05 Å². The number of anilines is 1. The predicted molar refractivity (Wildman–Crippen MR) is 59.1 cm³/mol. The SMILES string of the molecule is CNC(=S)N1CCc2ccccc21. The van der Waals surface area contributed by atoms with Gasteiger partial charge in [-0.15, -0.1) is 0 Å². The second-order valence-corrected chi connectivity index (χ2v) is 3.47. The van der Waals surface area contributed by atoms with Crippen molar-refractivity contribution in [3.05, 3.63) is 29.8 Å². The number of hydrogen-bond acceptors (Lipinski definition) is 1. The van der Waals surface area contributed by atoms with Gasteiger partial charge in [-0.25, -0.2) is 0 Å². The molecule has 1 N–H and O–H groups in total. The Balaban J connectivity index is 2.33. The Morgan fingerprint density at radius 3 is 3.00 bits per heavy atom. The molecule has 1 aromatic rings. The fourth-order valence-electron chi connectivity index (χ4n) is 1.68. The molecule has 0 fully saturated rings. The van der Waals surface area contributed by atoms with Gasteiger partial charge in [0.25, 0.3) is 0 Å². The summed E-state index contributed by atoms with van der Waals surface area (Å²) in [6.45, 7) is 0.999. The highest BCUT2D eigenvalue weighted by Crippen LogP contribution is 2.27. The van der Waals surface area contributed by atoms with Crippen LogP contribution in [0.4, 0.5) is 5.69 Å². The molecule has 0 aliphatic carbocycles. The summed E-state index contributed by atoms with van der Waals surface area (Å²) in [5.74, 6) is 0. The fourth-order valence-corrected chi connectivity index (χ4v) is 1.87. The summed E-state index contributed by atoms with van der Waals surface area (Å²) in [5, 5.41) is 3.82. The minimum absolute atomic E-state index is 0.810. The first-order chi connectivity index (χ1) is 6.33. The topological polar surface area (TPSA) is 15.3 Å². The lowest BCUT2D eigenvalue weighted by Gasteiger charge is -2.19. The van der Waals surface area contributed by atoms with E-state index in [1.54, 1.807) is 0 Å². The molecular formula is C10H12N2S. The Labute approximate surface area is 83.6 Å². The zero-order valence-electron chi connectivity index (χ0n) is 7.58. The highest BCUT2D eigenvalue weighted by molar-refractivity contribution is 7.80. The van der Waals surface area contributed by atoms with Crippen molar-refractivity contribution >= 4 is 23.0 Å². The van der Waals surface area contributed by atoms with Crippen molar-refractivity contribution in [3.63, 3.8) is 0 Å². The van der Waals surface area contributed by atoms with Crippen LogP contribution in [0.25, 0.3) is 0 Å². The summed E-state index contributed by atoms with van der Waals surface area (Å²) < 4.78 is 0. The van der Waals surface area contributed by atoms with Crippen molar-refractivity contribution in [1.82, 2.24) is 5.32 Å². The van der Waals surface area contributed by atoms with Crippen molar-refractivity contribution in [2.45, 2.75) is 6.42 Å². The van der Waals surface area contributed by atoms with Crippen LogP contribution in [0.1, 0.15) is 5.56 Å². The second-order valence-electron chi connectivity index (χ2n) is 3.09. The molecule has 1 aromatic carbocycles. The van der Waals surface area contributed by atoms with Crippen LogP contribution in [0, 0.1) is 0 Å². The second kappa shape index (κ2) is 3.34. The highest BCUT2D eigenvalue weighted by atomic mass is 32.1. The summed E-state index contributed by atoms with van der Waals surface area (Å²) in [4.78, 5) is 2.14. The van der Waals surface area contributed by atoms with Crippen LogP contribution in [0.5, 0.6) is 0 Å². The van der Waals surface area contributed by atoms with Gasteiger partial charge in [-0.2, -0.15) is 0 Å². The molecule has 0 unspecified atom stereocenters. The van der Waals surface area contributed by atoms with Crippen molar-refractivity contribution in [3.8, 4) is 0 Å². The van der Waals surface area contributed by atoms with Gasteiger partial charge in [0.2, 0.25) is 0 Å². The molecule has 0 saturated heterocycles. The third kappa shape index (κ3) is 1.40. The average molecular weight is 192 g/mol. The molecule has 0 amide bonds. The molecular weight excluding hydrogens is 180 g/mol. The molecule has 0 saturated carbocycles. The number of hydrogen-bond donors (Lipinski definition) is 1. The van der Waals surface area contributed by atoms with E-state index in [0.29, 0.717) is 0 Å². The van der Waals surface area contributed by atoms with E-state index in [0.717, 1.165) is 18.1 Å². The average Bonchev–Trinajstić information content (AvgIpc) is 2.60. The minimum Gasteiger partial charge on any atom is -0.365 e. The van der Waals surface area contributed by atoms with E-state index in [9.17, 15) is 0 Å². The number of rotatable bonds is 0. The third-order valence-corrected chi connectivity index (χ3v) is 2.77. The number of benzene rings is 1. The smallest absolute Gasteiger partial charge is 0.173 e. The van der Waals surface area contributed by atoms with E-state index >= 15 is 0 Å². The quantitative estimate of drug-likeness (QED) is 0.628. The lowest BCUT2D eigenvalue weighted by atomic mass is 10.2. The van der Waals surface area contributed by atoms with Crippen LogP contribution in [0.3, 0.4) is 0 Å². The van der Waals surface area contributed by atoms with Gasteiger partial charge in [0.05, 0.1) is 0 Å². The van der Waals surface area contributed by atoms with Crippen molar-refractivity contribution < 1.29 is 0 Å². The lowest BCUT2D eigenvalue weighted by molar-refractivity contribution is 0.994. The molecule has 1 aliphatic rings. The number of nitrogens with zero attached hydrogens (tertiary/aromatic N) is 1. The fraction of sp³-hybridized carbons (Fsp3) is 0.300. The Kier molecular flexibility index (Phi) is 2.19. The summed E-state index contributed by atoms with van der Waals surface area (Å²) in [6, 6.07) is 8.40. The third-order valence-electron chi connectivity index (χ3n) is 2.35. The zero-order valence-corrected chi connectivity index (χ0v) is 8.40. The first kappa shape index (κ1) is 8.51. The van der Waals surface area contributed by atoms with Crippen LogP contribution >= 0.6 is 12.2 Å². The van der Waals surface area contributed by atoms with Crippen LogP contribution in [-0.4, -0.2) is 18.7 Å². The van der Waals surface area contributed by atoms with Gasteiger partial charge in [-0.3, -0.25) is 0 Å². The number of thiocarbonyl (C=S) groups is 1. The van der Waals surface area contributed by atoms with Gasteiger partial charge in [0, 0.05) is 19.3 Å². The zero-order chi connectivity index (χ0) is 9.26. The number of nitrogens with one attached hydrogen (secondary N) is 1. The first-order valence-corrected chi connectivity index (χ1v) is 4.81. The Bertz CT molecular complexity index is 335. The molecule has 2 nitrogen and oxygen atoms in total. The van der Waals surface area contributed by atoms with E-state index in [1.165, 1.54) is 11.3 Å². The van der Waals surface area contributed by atoms with Crippen LogP contribution in [0.2, 0.25) is 0 Å². The molecule has 13 heavy (non-hydrogen) atoms. The summed E-state index contributed by atoms with van der Waals surface area (Å²) >= 11 is 5.21. The standard InChI is InChI=1S/C10H12N2S/c1-11-10(13)12-7-6-8-4-2-3-5-9(8)12/h2-5H,6-7H2,1H3,(H,11,13). The normalized spacial score (nSPS) is 14.1. The van der Waals surface area contributed by atoms with E-state index in [4.69, 9.17) is 12.2 Å². The predicted octanol–water partition coefficient (Wildman–Crippen LogP) is 1.55. The number of para-hydroxylation sites is 1. The van der Waals surface area contributed by atoms with Gasteiger partial charge in [0.1, 0.15) is 0 Å². The monoisotopic (exact) mass is 192 g/mol. The van der Waals surface area contributed by atoms with Gasteiger partial charge in [-0.1, -0.05) is 18.2 Å². The molecule has 2 rings (SSSR count). The summed E-state index contributed by atoms with van der Waals surface area (Å²) in [6.07, 6.45) is 1.10. The van der Waals surface area contributed by atoms with Crippen molar-refractivity contribution in [1.29, 1.82) is 0 Å². The van der Waals surface area contributed by atoms with Crippen LogP contribution in [-0.2, 0) is 6.42 Å². The van der Waals surface area contributed by atoms with Crippen LogP contribution in [0.15, 0.2) is 24.3 Å². The van der Waals surface area contributed by atoms with Crippen LogP contribution < -0.4 is 10.2 Å². The summed E-state index contributed by atoms with van der Waals surface area (Å²) in [7, 11) is 1.86. The molecule has 0 spiro atoms. The van der Waals surface area contributed by atoms with E-state index in [-0.39, 0.29) is 0 Å². The molecule has 1 heterocycles. The maximum absolute atomic E-state index is 5.21. The highest BCUT2D eigenvalue weighted by Gasteiger charge is 2.20. The molecule has 0 aromatic heterocycles. The number of fused-ring (bicyclic) bond motifs is 1. The lowest BCUT2D eigenvalue weighted by Crippen LogP contribution is -2.36. The Morgan fingerprint density at radius 1 is 1.46 bits per heavy atom. The summed E-state index contributed by atoms with van der Waals surface area (Å²) in [5.41, 5.74) is 2.64. The molecule has 1 aliphatic heterocycles. The maximum atomic E-state index is 5.21. The van der Waals surface area contributed by atoms with Crippen molar-refractivity contribution in [2.75, 3.05) is 18.5 Å². The molecule has 0 atom stereocenters. The van der Waals surface area contributed by atoms with Gasteiger partial charge in [0.15, 0.2) is 5.11 Å². The Hall–Kier alpha value is -1.09. The molecule has 0 bridgehead atoms. The van der Waals surface area contributed by atoms with Gasteiger partial charge >= 0.3 is 0 Å². The van der Waals surface area contributed by atoms with Crippen molar-refractivity contribution in [2.24, 2.45) is 0 Å². The largest absolute Gasteiger partial charge is 0.365 e. The molecule has 3 heteroatoms. The molecule has 68 valence electrons. The maximum Gasteiger partial charge on any atom is 0.173 e. The van der Waals surface area contributed by atoms with E-state index < -0.39 is 0 Å².